The number of amides is 1. The van der Waals surface area contributed by atoms with Gasteiger partial charge in [0.1, 0.15) is 6.61 Å². The minimum atomic E-state index is 0.0839. The van der Waals surface area contributed by atoms with Crippen molar-refractivity contribution in [2.75, 3.05) is 26.8 Å². The SMILES string of the molecule is CO[C@H]1CCN(C(=O)COC2CCCCC2)[C@H](CN)C1. The Balaban J connectivity index is 1.78. The van der Waals surface area contributed by atoms with Crippen LogP contribution in [-0.2, 0) is 14.3 Å². The normalized spacial score (nSPS) is 28.6. The fourth-order valence-electron chi connectivity index (χ4n) is 3.28. The molecule has 0 bridgehead atoms. The number of rotatable bonds is 5. The third kappa shape index (κ3) is 4.17. The number of nitrogens with two attached hydrogens (primary N) is 1. The number of carbonyl (C=O) groups excluding carboxylic acids is 1. The molecule has 5 nitrogen and oxygen atoms in total. The monoisotopic (exact) mass is 284 g/mol. The summed E-state index contributed by atoms with van der Waals surface area (Å²) in [5.74, 6) is 0.0839. The summed E-state index contributed by atoms with van der Waals surface area (Å²) >= 11 is 0. The quantitative estimate of drug-likeness (QED) is 0.826. The first-order valence-electron chi connectivity index (χ1n) is 7.88. The van der Waals surface area contributed by atoms with E-state index in [1.165, 1.54) is 19.3 Å². The molecule has 20 heavy (non-hydrogen) atoms. The Labute approximate surface area is 121 Å². The zero-order chi connectivity index (χ0) is 14.4. The van der Waals surface area contributed by atoms with Gasteiger partial charge in [-0.25, -0.2) is 0 Å². The minimum Gasteiger partial charge on any atom is -0.381 e. The van der Waals surface area contributed by atoms with Crippen molar-refractivity contribution < 1.29 is 14.3 Å². The van der Waals surface area contributed by atoms with Crippen molar-refractivity contribution in [3.8, 4) is 0 Å². The van der Waals surface area contributed by atoms with Crippen LogP contribution in [0, 0.1) is 0 Å². The molecule has 2 N–H and O–H groups in total. The molecule has 1 saturated heterocycles. The lowest BCUT2D eigenvalue weighted by molar-refractivity contribution is -0.144. The van der Waals surface area contributed by atoms with Crippen molar-refractivity contribution in [1.29, 1.82) is 0 Å². The first-order chi connectivity index (χ1) is 9.74. The molecule has 0 spiro atoms. The first-order valence-corrected chi connectivity index (χ1v) is 7.88. The second kappa shape index (κ2) is 7.96. The minimum absolute atomic E-state index is 0.0839. The molecular weight excluding hydrogens is 256 g/mol. The van der Waals surface area contributed by atoms with Gasteiger partial charge in [0.15, 0.2) is 0 Å². The molecular formula is C15H28N2O3. The van der Waals surface area contributed by atoms with E-state index >= 15 is 0 Å². The van der Waals surface area contributed by atoms with E-state index in [-0.39, 0.29) is 30.8 Å². The summed E-state index contributed by atoms with van der Waals surface area (Å²) in [7, 11) is 1.72. The van der Waals surface area contributed by atoms with Gasteiger partial charge < -0.3 is 20.1 Å². The lowest BCUT2D eigenvalue weighted by Crippen LogP contribution is -2.52. The third-order valence-electron chi connectivity index (χ3n) is 4.59. The van der Waals surface area contributed by atoms with Gasteiger partial charge in [-0.1, -0.05) is 19.3 Å². The number of carbonyl (C=O) groups is 1. The number of likely N-dealkylation sites (tertiary alicyclic amines) is 1. The molecule has 2 atom stereocenters. The van der Waals surface area contributed by atoms with Crippen molar-refractivity contribution in [3.63, 3.8) is 0 Å². The molecule has 1 aliphatic heterocycles. The van der Waals surface area contributed by atoms with Gasteiger partial charge in [0.2, 0.25) is 5.91 Å². The van der Waals surface area contributed by atoms with Crippen LogP contribution in [0.4, 0.5) is 0 Å². The molecule has 5 heteroatoms. The number of hydrogen-bond acceptors (Lipinski definition) is 4. The summed E-state index contributed by atoms with van der Waals surface area (Å²) in [4.78, 5) is 14.2. The number of nitrogens with zero attached hydrogens (tertiary/aromatic N) is 1. The smallest absolute Gasteiger partial charge is 0.248 e. The van der Waals surface area contributed by atoms with Crippen molar-refractivity contribution in [3.05, 3.63) is 0 Å². The zero-order valence-corrected chi connectivity index (χ0v) is 12.6. The highest BCUT2D eigenvalue weighted by atomic mass is 16.5. The van der Waals surface area contributed by atoms with Crippen molar-refractivity contribution in [2.45, 2.75) is 63.2 Å². The molecule has 0 aromatic carbocycles. The van der Waals surface area contributed by atoms with E-state index in [1.54, 1.807) is 7.11 Å². The standard InChI is InChI=1S/C15H28N2O3/c1-19-14-7-8-17(12(9-14)10-16)15(18)11-20-13-5-3-2-4-6-13/h12-14H,2-11,16H2,1H3/t12-,14-/m0/s1. The molecule has 2 fully saturated rings. The van der Waals surface area contributed by atoms with E-state index in [0.717, 1.165) is 32.2 Å². The average molecular weight is 284 g/mol. The van der Waals surface area contributed by atoms with E-state index < -0.39 is 0 Å². The van der Waals surface area contributed by atoms with Crippen LogP contribution < -0.4 is 5.73 Å². The highest BCUT2D eigenvalue weighted by Gasteiger charge is 2.31. The molecule has 116 valence electrons. The summed E-state index contributed by atoms with van der Waals surface area (Å²) in [5.41, 5.74) is 5.80. The maximum atomic E-state index is 12.3. The Hall–Kier alpha value is -0.650. The average Bonchev–Trinajstić information content (AvgIpc) is 2.52. The van der Waals surface area contributed by atoms with Crippen molar-refractivity contribution in [2.24, 2.45) is 5.73 Å². The molecule has 1 aliphatic carbocycles. The van der Waals surface area contributed by atoms with Gasteiger partial charge in [0, 0.05) is 26.2 Å². The summed E-state index contributed by atoms with van der Waals surface area (Å²) in [6.07, 6.45) is 8.18. The van der Waals surface area contributed by atoms with Gasteiger partial charge in [0.25, 0.3) is 0 Å². The Morgan fingerprint density at radius 2 is 1.95 bits per heavy atom. The Kier molecular flexibility index (Phi) is 6.26. The second-order valence-electron chi connectivity index (χ2n) is 5.93. The number of piperidine rings is 1. The predicted molar refractivity (Wildman–Crippen MR) is 77.4 cm³/mol. The fraction of sp³-hybridized carbons (Fsp3) is 0.933. The Bertz CT molecular complexity index is 305. The number of hydrogen-bond donors (Lipinski definition) is 1. The molecule has 0 aromatic heterocycles. The van der Waals surface area contributed by atoms with E-state index in [4.69, 9.17) is 15.2 Å². The van der Waals surface area contributed by atoms with Crippen LogP contribution in [0.5, 0.6) is 0 Å². The van der Waals surface area contributed by atoms with Crippen LogP contribution in [0.2, 0.25) is 0 Å². The zero-order valence-electron chi connectivity index (χ0n) is 12.6. The van der Waals surface area contributed by atoms with Gasteiger partial charge in [0.05, 0.1) is 12.2 Å². The highest BCUT2D eigenvalue weighted by molar-refractivity contribution is 5.78. The molecule has 1 amide bonds. The van der Waals surface area contributed by atoms with Crippen LogP contribution >= 0.6 is 0 Å². The summed E-state index contributed by atoms with van der Waals surface area (Å²) in [6, 6.07) is 0.0937. The molecule has 2 aliphatic rings. The van der Waals surface area contributed by atoms with Crippen molar-refractivity contribution >= 4 is 5.91 Å². The molecule has 1 heterocycles. The largest absolute Gasteiger partial charge is 0.381 e. The maximum absolute atomic E-state index is 12.3. The van der Waals surface area contributed by atoms with Crippen LogP contribution in [0.15, 0.2) is 0 Å². The Morgan fingerprint density at radius 1 is 1.20 bits per heavy atom. The second-order valence-corrected chi connectivity index (χ2v) is 5.93. The number of ether oxygens (including phenoxy) is 2. The van der Waals surface area contributed by atoms with E-state index in [9.17, 15) is 4.79 Å². The van der Waals surface area contributed by atoms with Crippen LogP contribution in [0.1, 0.15) is 44.9 Å². The van der Waals surface area contributed by atoms with Gasteiger partial charge in [-0.15, -0.1) is 0 Å². The maximum Gasteiger partial charge on any atom is 0.248 e. The van der Waals surface area contributed by atoms with E-state index in [2.05, 4.69) is 0 Å². The lowest BCUT2D eigenvalue weighted by Gasteiger charge is -2.38. The molecule has 1 saturated carbocycles. The van der Waals surface area contributed by atoms with Crippen LogP contribution in [0.25, 0.3) is 0 Å². The van der Waals surface area contributed by atoms with Crippen LogP contribution in [-0.4, -0.2) is 55.9 Å². The number of methoxy groups -OCH3 is 1. The van der Waals surface area contributed by atoms with E-state index in [1.807, 2.05) is 4.90 Å². The van der Waals surface area contributed by atoms with Crippen LogP contribution in [0.3, 0.4) is 0 Å². The van der Waals surface area contributed by atoms with Gasteiger partial charge in [-0.2, -0.15) is 0 Å². The molecule has 0 aromatic rings. The molecule has 0 radical (unpaired) electrons. The van der Waals surface area contributed by atoms with Crippen molar-refractivity contribution in [1.82, 2.24) is 4.90 Å². The molecule has 0 unspecified atom stereocenters. The summed E-state index contributed by atoms with van der Waals surface area (Å²) in [6.45, 7) is 1.43. The lowest BCUT2D eigenvalue weighted by atomic mass is 9.98. The van der Waals surface area contributed by atoms with Gasteiger partial charge >= 0.3 is 0 Å². The Morgan fingerprint density at radius 3 is 2.60 bits per heavy atom. The fourth-order valence-corrected chi connectivity index (χ4v) is 3.28. The first kappa shape index (κ1) is 15.7. The highest BCUT2D eigenvalue weighted by Crippen LogP contribution is 2.22. The topological polar surface area (TPSA) is 64.8 Å². The van der Waals surface area contributed by atoms with E-state index in [0.29, 0.717) is 6.54 Å². The summed E-state index contributed by atoms with van der Waals surface area (Å²) in [5, 5.41) is 0. The van der Waals surface area contributed by atoms with Gasteiger partial charge in [-0.05, 0) is 25.7 Å². The summed E-state index contributed by atoms with van der Waals surface area (Å²) < 4.78 is 11.2. The third-order valence-corrected chi connectivity index (χ3v) is 4.59. The molecule has 2 rings (SSSR count). The predicted octanol–water partition coefficient (Wildman–Crippen LogP) is 1.30. The van der Waals surface area contributed by atoms with Gasteiger partial charge in [-0.3, -0.25) is 4.79 Å².